The minimum absolute atomic E-state index is 0.0151. The maximum absolute atomic E-state index is 12.5. The van der Waals surface area contributed by atoms with Crippen LogP contribution in [0.15, 0.2) is 10.2 Å². The first-order chi connectivity index (χ1) is 8.30. The molecule has 7 heteroatoms. The van der Waals surface area contributed by atoms with Gasteiger partial charge in [-0.15, -0.1) is 0 Å². The number of halogens is 3. The highest BCUT2D eigenvalue weighted by molar-refractivity contribution is 5.76. The standard InChI is InChI=1S/C11H16F3N3O/c1-10(15-16-10)5-2-9(18)17-6-3-8(4-7-17)11(12,13)14/h8H,2-7H2,1H3. The normalized spacial score (nSPS) is 23.2. The van der Waals surface area contributed by atoms with E-state index in [9.17, 15) is 18.0 Å². The van der Waals surface area contributed by atoms with Crippen LogP contribution in [-0.2, 0) is 4.79 Å². The van der Waals surface area contributed by atoms with Crippen molar-refractivity contribution in [2.24, 2.45) is 16.1 Å². The van der Waals surface area contributed by atoms with E-state index in [1.54, 1.807) is 0 Å². The molecule has 2 aliphatic heterocycles. The van der Waals surface area contributed by atoms with Gasteiger partial charge in [0, 0.05) is 25.9 Å². The lowest BCUT2D eigenvalue weighted by Crippen LogP contribution is -2.42. The van der Waals surface area contributed by atoms with Crippen LogP contribution in [0.2, 0.25) is 0 Å². The zero-order valence-electron chi connectivity index (χ0n) is 10.2. The average molecular weight is 263 g/mol. The lowest BCUT2D eigenvalue weighted by atomic mass is 9.96. The number of piperidine rings is 1. The summed E-state index contributed by atoms with van der Waals surface area (Å²) in [5.41, 5.74) is -0.417. The summed E-state index contributed by atoms with van der Waals surface area (Å²) in [6.45, 7) is 2.23. The number of alkyl halides is 3. The van der Waals surface area contributed by atoms with Gasteiger partial charge in [-0.1, -0.05) is 0 Å². The van der Waals surface area contributed by atoms with Crippen LogP contribution in [0.1, 0.15) is 32.6 Å². The topological polar surface area (TPSA) is 45.0 Å². The molecule has 0 radical (unpaired) electrons. The summed E-state index contributed by atoms with van der Waals surface area (Å²) in [7, 11) is 0. The van der Waals surface area contributed by atoms with Crippen molar-refractivity contribution >= 4 is 5.91 Å². The van der Waals surface area contributed by atoms with Crippen molar-refractivity contribution in [3.8, 4) is 0 Å². The van der Waals surface area contributed by atoms with E-state index in [4.69, 9.17) is 0 Å². The summed E-state index contributed by atoms with van der Waals surface area (Å²) in [5, 5.41) is 7.60. The third-order valence-electron chi connectivity index (χ3n) is 3.56. The van der Waals surface area contributed by atoms with E-state index in [0.717, 1.165) is 0 Å². The quantitative estimate of drug-likeness (QED) is 0.772. The molecule has 0 spiro atoms. The zero-order valence-corrected chi connectivity index (χ0v) is 10.2. The molecule has 2 rings (SSSR count). The molecule has 4 nitrogen and oxygen atoms in total. The van der Waals surface area contributed by atoms with E-state index in [1.165, 1.54) is 4.90 Å². The SMILES string of the molecule is CC1(CCC(=O)N2CCC(C(F)(F)F)CC2)N=N1. The number of carbonyl (C=O) groups is 1. The number of amides is 1. The van der Waals surface area contributed by atoms with Crippen molar-refractivity contribution in [2.75, 3.05) is 13.1 Å². The van der Waals surface area contributed by atoms with Gasteiger partial charge in [0.05, 0.1) is 5.92 Å². The Morgan fingerprint density at radius 3 is 2.33 bits per heavy atom. The van der Waals surface area contributed by atoms with Crippen molar-refractivity contribution in [3.05, 3.63) is 0 Å². The number of likely N-dealkylation sites (tertiary alicyclic amines) is 1. The van der Waals surface area contributed by atoms with E-state index in [-0.39, 0.29) is 31.8 Å². The number of hydrogen-bond donors (Lipinski definition) is 0. The molecular formula is C11H16F3N3O. The fourth-order valence-electron chi connectivity index (χ4n) is 2.14. The molecule has 0 atom stereocenters. The van der Waals surface area contributed by atoms with E-state index in [2.05, 4.69) is 10.2 Å². The average Bonchev–Trinajstić information content (AvgIpc) is 3.04. The Morgan fingerprint density at radius 1 is 1.33 bits per heavy atom. The van der Waals surface area contributed by atoms with E-state index < -0.39 is 17.8 Å². The van der Waals surface area contributed by atoms with Crippen LogP contribution in [0.3, 0.4) is 0 Å². The van der Waals surface area contributed by atoms with E-state index >= 15 is 0 Å². The first-order valence-electron chi connectivity index (χ1n) is 6.09. The molecule has 0 N–H and O–H groups in total. The van der Waals surface area contributed by atoms with Crippen LogP contribution in [0.4, 0.5) is 13.2 Å². The zero-order chi connectivity index (χ0) is 13.4. The highest BCUT2D eigenvalue weighted by atomic mass is 19.4. The molecule has 2 aliphatic rings. The van der Waals surface area contributed by atoms with Gasteiger partial charge >= 0.3 is 6.18 Å². The minimum atomic E-state index is -4.13. The number of rotatable bonds is 3. The molecule has 0 aromatic carbocycles. The Hall–Kier alpha value is -1.14. The first-order valence-corrected chi connectivity index (χ1v) is 6.09. The second kappa shape index (κ2) is 4.51. The van der Waals surface area contributed by atoms with Gasteiger partial charge in [-0.2, -0.15) is 23.4 Å². The van der Waals surface area contributed by atoms with Gasteiger partial charge in [-0.3, -0.25) is 4.79 Å². The predicted molar refractivity (Wildman–Crippen MR) is 57.9 cm³/mol. The molecule has 0 aromatic heterocycles. The third kappa shape index (κ3) is 3.20. The molecule has 0 saturated carbocycles. The van der Waals surface area contributed by atoms with E-state index in [0.29, 0.717) is 12.8 Å². The molecule has 0 aromatic rings. The monoisotopic (exact) mass is 263 g/mol. The molecule has 1 fully saturated rings. The van der Waals surface area contributed by atoms with Crippen LogP contribution in [0.25, 0.3) is 0 Å². The van der Waals surface area contributed by atoms with Crippen molar-refractivity contribution < 1.29 is 18.0 Å². The molecule has 102 valence electrons. The Balaban J connectivity index is 1.73. The van der Waals surface area contributed by atoms with Gasteiger partial charge in [0.2, 0.25) is 5.91 Å². The maximum Gasteiger partial charge on any atom is 0.391 e. The van der Waals surface area contributed by atoms with Crippen molar-refractivity contribution in [2.45, 2.75) is 44.4 Å². The Kier molecular flexibility index (Phi) is 3.33. The smallest absolute Gasteiger partial charge is 0.343 e. The summed E-state index contributed by atoms with van der Waals surface area (Å²) in [5.74, 6) is -1.35. The highest BCUT2D eigenvalue weighted by Crippen LogP contribution is 2.35. The maximum atomic E-state index is 12.5. The molecule has 1 amide bonds. The van der Waals surface area contributed by atoms with Gasteiger partial charge in [-0.05, 0) is 19.8 Å². The van der Waals surface area contributed by atoms with Crippen LogP contribution < -0.4 is 0 Å². The number of carbonyl (C=O) groups excluding carboxylic acids is 1. The molecule has 0 unspecified atom stereocenters. The van der Waals surface area contributed by atoms with Gasteiger partial charge in [0.15, 0.2) is 5.66 Å². The van der Waals surface area contributed by atoms with Crippen LogP contribution in [-0.4, -0.2) is 35.7 Å². The second-order valence-corrected chi connectivity index (χ2v) is 5.11. The number of nitrogens with zero attached hydrogens (tertiary/aromatic N) is 3. The molecular weight excluding hydrogens is 247 g/mol. The summed E-state index contributed by atoms with van der Waals surface area (Å²) in [4.78, 5) is 13.3. The molecule has 0 bridgehead atoms. The minimum Gasteiger partial charge on any atom is -0.343 e. The summed E-state index contributed by atoms with van der Waals surface area (Å²) < 4.78 is 37.4. The molecule has 1 saturated heterocycles. The van der Waals surface area contributed by atoms with Gasteiger partial charge in [0.1, 0.15) is 0 Å². The largest absolute Gasteiger partial charge is 0.391 e. The first kappa shape index (κ1) is 13.3. The van der Waals surface area contributed by atoms with Crippen LogP contribution in [0, 0.1) is 5.92 Å². The lowest BCUT2D eigenvalue weighted by molar-refractivity contribution is -0.186. The second-order valence-electron chi connectivity index (χ2n) is 5.11. The summed E-state index contributed by atoms with van der Waals surface area (Å²) in [6, 6.07) is 0. The van der Waals surface area contributed by atoms with Gasteiger partial charge in [-0.25, -0.2) is 0 Å². The van der Waals surface area contributed by atoms with Crippen molar-refractivity contribution in [1.29, 1.82) is 0 Å². The summed E-state index contributed by atoms with van der Waals surface area (Å²) >= 11 is 0. The fraction of sp³-hybridized carbons (Fsp3) is 0.909. The molecule has 0 aliphatic carbocycles. The Morgan fingerprint density at radius 2 is 1.89 bits per heavy atom. The van der Waals surface area contributed by atoms with E-state index in [1.807, 2.05) is 6.92 Å². The van der Waals surface area contributed by atoms with Crippen LogP contribution in [0.5, 0.6) is 0 Å². The van der Waals surface area contributed by atoms with Gasteiger partial charge in [0.25, 0.3) is 0 Å². The Bertz CT molecular complexity index is 353. The van der Waals surface area contributed by atoms with Crippen molar-refractivity contribution in [1.82, 2.24) is 4.90 Å². The predicted octanol–water partition coefficient (Wildman–Crippen LogP) is 2.75. The molecule has 2 heterocycles. The highest BCUT2D eigenvalue weighted by Gasteiger charge is 2.42. The Labute approximate surface area is 103 Å². The lowest BCUT2D eigenvalue weighted by Gasteiger charge is -2.33. The van der Waals surface area contributed by atoms with Crippen LogP contribution >= 0.6 is 0 Å². The molecule has 18 heavy (non-hydrogen) atoms. The fourth-order valence-corrected chi connectivity index (χ4v) is 2.14. The number of hydrogen-bond acceptors (Lipinski definition) is 3. The van der Waals surface area contributed by atoms with Gasteiger partial charge < -0.3 is 4.90 Å². The van der Waals surface area contributed by atoms with Crippen molar-refractivity contribution in [3.63, 3.8) is 0 Å². The summed E-state index contributed by atoms with van der Waals surface area (Å²) in [6.07, 6.45) is -3.25. The third-order valence-corrected chi connectivity index (χ3v) is 3.56.